The van der Waals surface area contributed by atoms with Gasteiger partial charge < -0.3 is 10.2 Å². The Kier molecular flexibility index (Phi) is 4.46. The number of hydrogen-bond acceptors (Lipinski definition) is 2. The van der Waals surface area contributed by atoms with Crippen LogP contribution in [0.4, 0.5) is 24.5 Å². The number of amides is 1. The summed E-state index contributed by atoms with van der Waals surface area (Å²) in [6, 6.07) is 6.26. The molecule has 2 aromatic carbocycles. The van der Waals surface area contributed by atoms with E-state index in [1.165, 1.54) is 18.2 Å². The van der Waals surface area contributed by atoms with Gasteiger partial charge in [-0.05, 0) is 49.1 Å². The number of carbonyl (C=O) groups is 1. The molecule has 1 amide bonds. The predicted molar refractivity (Wildman–Crippen MR) is 86.7 cm³/mol. The van der Waals surface area contributed by atoms with Crippen LogP contribution in [0.1, 0.15) is 17.5 Å². The smallest absolute Gasteiger partial charge is 0.243 e. The number of aryl methyl sites for hydroxylation is 2. The van der Waals surface area contributed by atoms with Crippen LogP contribution < -0.4 is 10.2 Å². The molecule has 126 valence electrons. The normalized spacial score (nSPS) is 13.6. The van der Waals surface area contributed by atoms with Crippen LogP contribution in [0.2, 0.25) is 0 Å². The minimum atomic E-state index is -0.667. The molecule has 3 rings (SSSR count). The van der Waals surface area contributed by atoms with E-state index in [0.717, 1.165) is 11.6 Å². The molecule has 0 aromatic heterocycles. The van der Waals surface area contributed by atoms with Gasteiger partial charge in [0.2, 0.25) is 5.91 Å². The molecule has 6 heteroatoms. The summed E-state index contributed by atoms with van der Waals surface area (Å²) in [5.41, 5.74) is 1.95. The minimum Gasteiger partial charge on any atom is -0.360 e. The van der Waals surface area contributed by atoms with E-state index >= 15 is 0 Å². The van der Waals surface area contributed by atoms with E-state index < -0.39 is 17.5 Å². The van der Waals surface area contributed by atoms with Crippen molar-refractivity contribution in [1.82, 2.24) is 0 Å². The van der Waals surface area contributed by atoms with Gasteiger partial charge in [0.1, 0.15) is 17.5 Å². The first-order valence-electron chi connectivity index (χ1n) is 7.73. The average Bonchev–Trinajstić information content (AvgIpc) is 2.50. The van der Waals surface area contributed by atoms with Crippen LogP contribution in [0.3, 0.4) is 0 Å². The van der Waals surface area contributed by atoms with Crippen LogP contribution in [-0.2, 0) is 11.2 Å². The fourth-order valence-corrected chi connectivity index (χ4v) is 2.99. The lowest BCUT2D eigenvalue weighted by molar-refractivity contribution is -0.115. The Morgan fingerprint density at radius 3 is 2.75 bits per heavy atom. The monoisotopic (exact) mass is 334 g/mol. The highest BCUT2D eigenvalue weighted by molar-refractivity contribution is 5.95. The molecule has 0 bridgehead atoms. The van der Waals surface area contributed by atoms with Crippen molar-refractivity contribution in [3.8, 4) is 0 Å². The molecule has 1 heterocycles. The van der Waals surface area contributed by atoms with Crippen molar-refractivity contribution >= 4 is 17.3 Å². The molecule has 0 fully saturated rings. The van der Waals surface area contributed by atoms with Gasteiger partial charge >= 0.3 is 0 Å². The highest BCUT2D eigenvalue weighted by Gasteiger charge is 2.23. The average molecular weight is 334 g/mol. The molecular weight excluding hydrogens is 317 g/mol. The van der Waals surface area contributed by atoms with Gasteiger partial charge in [-0.25, -0.2) is 13.2 Å². The second-order valence-electron chi connectivity index (χ2n) is 5.93. The molecule has 1 N–H and O–H groups in total. The van der Waals surface area contributed by atoms with Gasteiger partial charge in [0.05, 0.1) is 12.2 Å². The zero-order valence-electron chi connectivity index (χ0n) is 13.2. The Balaban J connectivity index is 1.78. The fraction of sp³-hybridized carbons (Fsp3) is 0.278. The molecule has 0 saturated carbocycles. The maximum Gasteiger partial charge on any atom is 0.243 e. The lowest BCUT2D eigenvalue weighted by atomic mass is 10.0. The fourth-order valence-electron chi connectivity index (χ4n) is 2.99. The van der Waals surface area contributed by atoms with Crippen molar-refractivity contribution < 1.29 is 18.0 Å². The summed E-state index contributed by atoms with van der Waals surface area (Å²) in [6.45, 7) is 2.18. The number of rotatable bonds is 3. The van der Waals surface area contributed by atoms with Crippen molar-refractivity contribution in [3.05, 3.63) is 58.9 Å². The van der Waals surface area contributed by atoms with Gasteiger partial charge in [-0.15, -0.1) is 0 Å². The van der Waals surface area contributed by atoms with Crippen molar-refractivity contribution in [2.24, 2.45) is 0 Å². The van der Waals surface area contributed by atoms with Crippen molar-refractivity contribution in [2.45, 2.75) is 19.8 Å². The van der Waals surface area contributed by atoms with Crippen molar-refractivity contribution in [2.75, 3.05) is 23.3 Å². The Hall–Kier alpha value is -2.50. The minimum absolute atomic E-state index is 0.0779. The summed E-state index contributed by atoms with van der Waals surface area (Å²) in [4.78, 5) is 13.9. The van der Waals surface area contributed by atoms with E-state index in [2.05, 4.69) is 5.32 Å². The van der Waals surface area contributed by atoms with E-state index in [4.69, 9.17) is 0 Å². The molecule has 1 aliphatic heterocycles. The van der Waals surface area contributed by atoms with Gasteiger partial charge in [0.15, 0.2) is 0 Å². The molecular formula is C18H17F3N2O. The maximum atomic E-state index is 14.1. The summed E-state index contributed by atoms with van der Waals surface area (Å²) in [5.74, 6) is -2.10. The topological polar surface area (TPSA) is 32.3 Å². The number of carbonyl (C=O) groups excluding carboxylic acids is 1. The Morgan fingerprint density at radius 1 is 1.17 bits per heavy atom. The molecule has 0 spiro atoms. The molecule has 0 saturated heterocycles. The summed E-state index contributed by atoms with van der Waals surface area (Å²) in [5, 5.41) is 2.64. The SMILES string of the molecule is Cc1ccc(F)cc1NC(=O)CN1CCCc2cc(F)cc(F)c21. The summed E-state index contributed by atoms with van der Waals surface area (Å²) in [6.07, 6.45) is 1.29. The van der Waals surface area contributed by atoms with Gasteiger partial charge in [0, 0.05) is 18.3 Å². The summed E-state index contributed by atoms with van der Waals surface area (Å²) < 4.78 is 40.8. The highest BCUT2D eigenvalue weighted by atomic mass is 19.1. The van der Waals surface area contributed by atoms with Crippen LogP contribution in [0, 0.1) is 24.4 Å². The number of halogens is 3. The summed E-state index contributed by atoms with van der Waals surface area (Å²) >= 11 is 0. The van der Waals surface area contributed by atoms with E-state index in [1.807, 2.05) is 0 Å². The number of fused-ring (bicyclic) bond motifs is 1. The van der Waals surface area contributed by atoms with Crippen LogP contribution >= 0.6 is 0 Å². The lowest BCUT2D eigenvalue weighted by Crippen LogP contribution is -2.37. The predicted octanol–water partition coefficient (Wildman–Crippen LogP) is 3.80. The van der Waals surface area contributed by atoms with Gasteiger partial charge in [-0.1, -0.05) is 6.07 Å². The van der Waals surface area contributed by atoms with Gasteiger partial charge in [-0.2, -0.15) is 0 Å². The molecule has 1 aliphatic rings. The lowest BCUT2D eigenvalue weighted by Gasteiger charge is -2.31. The second kappa shape index (κ2) is 6.55. The van der Waals surface area contributed by atoms with Crippen LogP contribution in [0.5, 0.6) is 0 Å². The molecule has 2 aromatic rings. The third kappa shape index (κ3) is 3.37. The zero-order valence-corrected chi connectivity index (χ0v) is 13.2. The molecule has 0 atom stereocenters. The molecule has 0 aliphatic carbocycles. The Labute approximate surface area is 138 Å². The molecule has 24 heavy (non-hydrogen) atoms. The van der Waals surface area contributed by atoms with Crippen LogP contribution in [0.25, 0.3) is 0 Å². The zero-order chi connectivity index (χ0) is 17.3. The Morgan fingerprint density at radius 2 is 1.96 bits per heavy atom. The third-order valence-electron chi connectivity index (χ3n) is 4.11. The van der Waals surface area contributed by atoms with Crippen LogP contribution in [0.15, 0.2) is 30.3 Å². The van der Waals surface area contributed by atoms with E-state index in [1.54, 1.807) is 17.9 Å². The largest absolute Gasteiger partial charge is 0.360 e. The van der Waals surface area contributed by atoms with E-state index in [-0.39, 0.29) is 18.1 Å². The highest BCUT2D eigenvalue weighted by Crippen LogP contribution is 2.30. The number of hydrogen-bond donors (Lipinski definition) is 1. The van der Waals surface area contributed by atoms with Crippen molar-refractivity contribution in [1.29, 1.82) is 0 Å². The first kappa shape index (κ1) is 16.4. The van der Waals surface area contributed by atoms with Gasteiger partial charge in [-0.3, -0.25) is 4.79 Å². The Bertz CT molecular complexity index is 792. The number of benzene rings is 2. The quantitative estimate of drug-likeness (QED) is 0.926. The molecule has 3 nitrogen and oxygen atoms in total. The van der Waals surface area contributed by atoms with E-state index in [9.17, 15) is 18.0 Å². The molecule has 0 radical (unpaired) electrons. The maximum absolute atomic E-state index is 14.1. The first-order valence-corrected chi connectivity index (χ1v) is 7.73. The standard InChI is InChI=1S/C18H17F3N2O/c1-11-4-5-13(19)9-16(11)22-17(24)10-23-6-2-3-12-7-14(20)8-15(21)18(12)23/h4-5,7-9H,2-3,6,10H2,1H3,(H,22,24). The summed E-state index contributed by atoms with van der Waals surface area (Å²) in [7, 11) is 0. The van der Waals surface area contributed by atoms with Crippen molar-refractivity contribution in [3.63, 3.8) is 0 Å². The second-order valence-corrected chi connectivity index (χ2v) is 5.93. The third-order valence-corrected chi connectivity index (χ3v) is 4.11. The van der Waals surface area contributed by atoms with E-state index in [0.29, 0.717) is 30.6 Å². The number of nitrogens with one attached hydrogen (secondary N) is 1. The van der Waals surface area contributed by atoms with Gasteiger partial charge in [0.25, 0.3) is 0 Å². The number of nitrogens with zero attached hydrogens (tertiary/aromatic N) is 1. The van der Waals surface area contributed by atoms with Crippen LogP contribution in [-0.4, -0.2) is 19.0 Å². The molecule has 0 unspecified atom stereocenters. The number of anilines is 2. The first-order chi connectivity index (χ1) is 11.4.